The van der Waals surface area contributed by atoms with Gasteiger partial charge in [-0.05, 0) is 36.4 Å². The summed E-state index contributed by atoms with van der Waals surface area (Å²) in [6.45, 7) is 0. The molecule has 4 rings (SSSR count). The van der Waals surface area contributed by atoms with Crippen LogP contribution < -0.4 is 9.64 Å². The second-order valence-electron chi connectivity index (χ2n) is 5.61. The quantitative estimate of drug-likeness (QED) is 0.453. The van der Waals surface area contributed by atoms with Gasteiger partial charge in [-0.1, -0.05) is 23.9 Å². The lowest BCUT2D eigenvalue weighted by atomic mass is 10.2. The number of anilines is 2. The van der Waals surface area contributed by atoms with E-state index in [1.807, 2.05) is 37.4 Å². The SMILES string of the molecule is CN1c2ccccc2Sc2ccc(Oc3ccc([N+](=O)[O-])cc3)cc21. The van der Waals surface area contributed by atoms with Crippen LogP contribution in [-0.4, -0.2) is 12.0 Å². The minimum atomic E-state index is -0.424. The molecule has 0 aromatic heterocycles. The lowest BCUT2D eigenvalue weighted by molar-refractivity contribution is -0.384. The summed E-state index contributed by atoms with van der Waals surface area (Å²) >= 11 is 1.73. The highest BCUT2D eigenvalue weighted by Gasteiger charge is 2.20. The van der Waals surface area contributed by atoms with E-state index in [0.717, 1.165) is 16.3 Å². The Kier molecular flexibility index (Phi) is 3.82. The first-order valence-electron chi connectivity index (χ1n) is 7.69. The van der Waals surface area contributed by atoms with E-state index >= 15 is 0 Å². The van der Waals surface area contributed by atoms with Gasteiger partial charge in [0.1, 0.15) is 11.5 Å². The molecular weight excluding hydrogens is 336 g/mol. The average Bonchev–Trinajstić information content (AvgIpc) is 2.63. The molecule has 0 aliphatic carbocycles. The normalized spacial score (nSPS) is 12.3. The third-order valence-corrected chi connectivity index (χ3v) is 5.15. The van der Waals surface area contributed by atoms with Crippen LogP contribution in [0.15, 0.2) is 76.5 Å². The van der Waals surface area contributed by atoms with E-state index in [-0.39, 0.29) is 5.69 Å². The molecule has 1 aliphatic heterocycles. The Morgan fingerprint density at radius 1 is 0.920 bits per heavy atom. The van der Waals surface area contributed by atoms with Crippen molar-refractivity contribution in [3.8, 4) is 11.5 Å². The number of hydrogen-bond donors (Lipinski definition) is 0. The minimum Gasteiger partial charge on any atom is -0.457 e. The van der Waals surface area contributed by atoms with Crippen molar-refractivity contribution >= 4 is 28.8 Å². The van der Waals surface area contributed by atoms with Crippen molar-refractivity contribution < 1.29 is 9.66 Å². The summed E-state index contributed by atoms with van der Waals surface area (Å²) in [5.41, 5.74) is 2.28. The fourth-order valence-corrected chi connectivity index (χ4v) is 3.88. The highest BCUT2D eigenvalue weighted by atomic mass is 32.2. The third-order valence-electron chi connectivity index (χ3n) is 4.02. The van der Waals surface area contributed by atoms with Crippen LogP contribution in [0.2, 0.25) is 0 Å². The number of nitro benzene ring substituents is 1. The Labute approximate surface area is 149 Å². The van der Waals surface area contributed by atoms with Gasteiger partial charge in [-0.15, -0.1) is 0 Å². The number of rotatable bonds is 3. The zero-order valence-corrected chi connectivity index (χ0v) is 14.2. The summed E-state index contributed by atoms with van der Waals surface area (Å²) in [7, 11) is 2.03. The van der Waals surface area contributed by atoms with Gasteiger partial charge in [0.25, 0.3) is 5.69 Å². The number of ether oxygens (including phenoxy) is 1. The number of benzene rings is 3. The zero-order chi connectivity index (χ0) is 17.4. The van der Waals surface area contributed by atoms with Gasteiger partial charge in [0.05, 0.1) is 16.3 Å². The fraction of sp³-hybridized carbons (Fsp3) is 0.0526. The standard InChI is InChI=1S/C19H14N2O3S/c1-20-16-4-2-3-5-18(16)25-19-11-10-15(12-17(19)20)24-14-8-6-13(7-9-14)21(22)23/h2-12H,1H3. The third kappa shape index (κ3) is 2.92. The van der Waals surface area contributed by atoms with Gasteiger partial charge >= 0.3 is 0 Å². The highest BCUT2D eigenvalue weighted by Crippen LogP contribution is 2.48. The largest absolute Gasteiger partial charge is 0.457 e. The monoisotopic (exact) mass is 350 g/mol. The number of fused-ring (bicyclic) bond motifs is 2. The van der Waals surface area contributed by atoms with Crippen LogP contribution >= 0.6 is 11.8 Å². The molecule has 0 saturated carbocycles. The topological polar surface area (TPSA) is 55.6 Å². The summed E-state index contributed by atoms with van der Waals surface area (Å²) in [4.78, 5) is 14.8. The maximum absolute atomic E-state index is 10.7. The second kappa shape index (κ2) is 6.14. The Morgan fingerprint density at radius 2 is 1.60 bits per heavy atom. The Hall–Kier alpha value is -2.99. The Balaban J connectivity index is 1.62. The van der Waals surface area contributed by atoms with E-state index in [0.29, 0.717) is 11.5 Å². The summed E-state index contributed by atoms with van der Waals surface area (Å²) < 4.78 is 5.86. The van der Waals surface area contributed by atoms with Gasteiger partial charge in [0, 0.05) is 35.0 Å². The van der Waals surface area contributed by atoms with E-state index in [9.17, 15) is 10.1 Å². The zero-order valence-electron chi connectivity index (χ0n) is 13.4. The van der Waals surface area contributed by atoms with Crippen LogP contribution in [0, 0.1) is 10.1 Å². The maximum atomic E-state index is 10.7. The molecule has 0 atom stereocenters. The average molecular weight is 350 g/mol. The van der Waals surface area contributed by atoms with Gasteiger partial charge in [0.2, 0.25) is 0 Å². The van der Waals surface area contributed by atoms with E-state index in [1.54, 1.807) is 23.9 Å². The number of hydrogen-bond acceptors (Lipinski definition) is 5. The maximum Gasteiger partial charge on any atom is 0.269 e. The van der Waals surface area contributed by atoms with E-state index in [1.165, 1.54) is 17.0 Å². The molecule has 0 saturated heterocycles. The minimum absolute atomic E-state index is 0.0468. The van der Waals surface area contributed by atoms with Crippen LogP contribution in [-0.2, 0) is 0 Å². The first-order chi connectivity index (χ1) is 12.1. The molecule has 1 aliphatic rings. The van der Waals surface area contributed by atoms with Gasteiger partial charge < -0.3 is 9.64 Å². The highest BCUT2D eigenvalue weighted by molar-refractivity contribution is 7.99. The lowest BCUT2D eigenvalue weighted by Gasteiger charge is -2.29. The molecule has 0 amide bonds. The summed E-state index contributed by atoms with van der Waals surface area (Å²) in [5.74, 6) is 1.26. The van der Waals surface area contributed by atoms with Crippen molar-refractivity contribution in [2.24, 2.45) is 0 Å². The molecule has 25 heavy (non-hydrogen) atoms. The van der Waals surface area contributed by atoms with E-state index in [4.69, 9.17) is 4.74 Å². The second-order valence-corrected chi connectivity index (χ2v) is 6.70. The van der Waals surface area contributed by atoms with Crippen molar-refractivity contribution in [2.45, 2.75) is 9.79 Å². The summed E-state index contributed by atoms with van der Waals surface area (Å²) in [6, 6.07) is 20.3. The van der Waals surface area contributed by atoms with Crippen molar-refractivity contribution in [3.63, 3.8) is 0 Å². The van der Waals surface area contributed by atoms with Crippen molar-refractivity contribution in [1.82, 2.24) is 0 Å². The first kappa shape index (κ1) is 15.5. The number of para-hydroxylation sites is 1. The van der Waals surface area contributed by atoms with Crippen molar-refractivity contribution in [2.75, 3.05) is 11.9 Å². The molecule has 3 aromatic rings. The van der Waals surface area contributed by atoms with Gasteiger partial charge in [-0.3, -0.25) is 10.1 Å². The molecule has 6 heteroatoms. The van der Waals surface area contributed by atoms with Gasteiger partial charge in [-0.25, -0.2) is 0 Å². The van der Waals surface area contributed by atoms with Gasteiger partial charge in [0.15, 0.2) is 0 Å². The molecular formula is C19H14N2O3S. The van der Waals surface area contributed by atoms with Crippen LogP contribution in [0.5, 0.6) is 11.5 Å². The molecule has 0 fully saturated rings. The predicted octanol–water partition coefficient (Wildman–Crippen LogP) is 5.62. The molecule has 124 valence electrons. The summed E-state index contributed by atoms with van der Waals surface area (Å²) in [6.07, 6.45) is 0. The molecule has 0 unspecified atom stereocenters. The molecule has 0 spiro atoms. The van der Waals surface area contributed by atoms with Crippen LogP contribution in [0.3, 0.4) is 0 Å². The molecule has 5 nitrogen and oxygen atoms in total. The number of non-ortho nitro benzene ring substituents is 1. The number of nitrogens with zero attached hydrogens (tertiary/aromatic N) is 2. The smallest absolute Gasteiger partial charge is 0.269 e. The fourth-order valence-electron chi connectivity index (χ4n) is 2.75. The molecule has 0 radical (unpaired) electrons. The van der Waals surface area contributed by atoms with E-state index in [2.05, 4.69) is 17.0 Å². The number of nitro groups is 1. The van der Waals surface area contributed by atoms with Crippen LogP contribution in [0.25, 0.3) is 0 Å². The van der Waals surface area contributed by atoms with Crippen LogP contribution in [0.1, 0.15) is 0 Å². The predicted molar refractivity (Wildman–Crippen MR) is 98.2 cm³/mol. The molecule has 1 heterocycles. The van der Waals surface area contributed by atoms with Crippen molar-refractivity contribution in [3.05, 3.63) is 76.8 Å². The molecule has 0 N–H and O–H groups in total. The lowest BCUT2D eigenvalue weighted by Crippen LogP contribution is -2.14. The molecule has 0 bridgehead atoms. The molecule has 3 aromatic carbocycles. The van der Waals surface area contributed by atoms with Crippen LogP contribution in [0.4, 0.5) is 17.1 Å². The van der Waals surface area contributed by atoms with E-state index < -0.39 is 4.92 Å². The first-order valence-corrected chi connectivity index (χ1v) is 8.50. The Morgan fingerprint density at radius 3 is 2.36 bits per heavy atom. The summed E-state index contributed by atoms with van der Waals surface area (Å²) in [5, 5.41) is 10.7. The van der Waals surface area contributed by atoms with Crippen molar-refractivity contribution in [1.29, 1.82) is 0 Å². The van der Waals surface area contributed by atoms with Gasteiger partial charge in [-0.2, -0.15) is 0 Å². The Bertz CT molecular complexity index is 957.